The fourth-order valence-electron chi connectivity index (χ4n) is 2.82. The highest BCUT2D eigenvalue weighted by Crippen LogP contribution is 2.35. The topological polar surface area (TPSA) is 64.1 Å². The number of hydrogen-bond acceptors (Lipinski definition) is 5. The first-order chi connectivity index (χ1) is 12.0. The minimum absolute atomic E-state index is 0.294. The number of amides is 1. The molecule has 1 aliphatic carbocycles. The number of nitrogens with one attached hydrogen (secondary N) is 1. The number of aromatic nitrogens is 2. The minimum Gasteiger partial charge on any atom is -0.479 e. The summed E-state index contributed by atoms with van der Waals surface area (Å²) < 4.78 is 5.61. The molecule has 1 amide bonds. The maximum absolute atomic E-state index is 12.3. The molecule has 1 unspecified atom stereocenters. The Hall–Kier alpha value is -1.37. The Morgan fingerprint density at radius 3 is 2.76 bits per heavy atom. The molecule has 1 aromatic heterocycles. The Morgan fingerprint density at radius 2 is 2.04 bits per heavy atom. The third-order valence-corrected chi connectivity index (χ3v) is 5.72. The smallest absolute Gasteiger partial charge is 0.266 e. The molecule has 2 aromatic rings. The van der Waals surface area contributed by atoms with Gasteiger partial charge in [0.25, 0.3) is 5.91 Å². The van der Waals surface area contributed by atoms with Crippen molar-refractivity contribution in [3.8, 4) is 5.75 Å². The van der Waals surface area contributed by atoms with E-state index in [-0.39, 0.29) is 5.91 Å². The highest BCUT2D eigenvalue weighted by Gasteiger charge is 2.22. The maximum Gasteiger partial charge on any atom is 0.266 e. The Kier molecular flexibility index (Phi) is 6.15. The summed E-state index contributed by atoms with van der Waals surface area (Å²) in [6.45, 7) is 1.66. The molecule has 1 heterocycles. The van der Waals surface area contributed by atoms with Crippen molar-refractivity contribution in [2.45, 2.75) is 51.0 Å². The summed E-state index contributed by atoms with van der Waals surface area (Å²) in [6.07, 6.45) is 5.34. The van der Waals surface area contributed by atoms with Crippen LogP contribution >= 0.6 is 34.5 Å². The molecule has 25 heavy (non-hydrogen) atoms. The molecule has 0 saturated heterocycles. The molecule has 5 nitrogen and oxygen atoms in total. The van der Waals surface area contributed by atoms with Gasteiger partial charge in [0.15, 0.2) is 6.10 Å². The maximum atomic E-state index is 12.3. The molecular weight excluding hydrogens is 381 g/mol. The van der Waals surface area contributed by atoms with Gasteiger partial charge in [-0.25, -0.2) is 0 Å². The minimum atomic E-state index is -0.722. The van der Waals surface area contributed by atoms with E-state index in [0.29, 0.717) is 26.8 Å². The molecule has 3 rings (SSSR count). The average Bonchev–Trinajstić information content (AvgIpc) is 3.06. The number of hydrogen-bond donors (Lipinski definition) is 1. The molecule has 1 N–H and O–H groups in total. The van der Waals surface area contributed by atoms with Gasteiger partial charge >= 0.3 is 0 Å². The molecule has 0 spiro atoms. The molecule has 0 bridgehead atoms. The number of carbonyl (C=O) groups is 1. The second kappa shape index (κ2) is 8.34. The first-order valence-electron chi connectivity index (χ1n) is 8.29. The van der Waals surface area contributed by atoms with Gasteiger partial charge in [0, 0.05) is 10.9 Å². The second-order valence-electron chi connectivity index (χ2n) is 6.10. The van der Waals surface area contributed by atoms with Crippen LogP contribution in [0.3, 0.4) is 0 Å². The Bertz CT molecular complexity index is 747. The van der Waals surface area contributed by atoms with Gasteiger partial charge in [0.05, 0.1) is 5.02 Å². The summed E-state index contributed by atoms with van der Waals surface area (Å²) in [5.74, 6) is 0.588. The molecule has 1 saturated carbocycles. The number of anilines is 1. The summed E-state index contributed by atoms with van der Waals surface area (Å²) >= 11 is 13.4. The van der Waals surface area contributed by atoms with Gasteiger partial charge in [0.2, 0.25) is 5.13 Å². The Balaban J connectivity index is 1.58. The third kappa shape index (κ3) is 4.84. The highest BCUT2D eigenvalue weighted by atomic mass is 35.5. The normalized spacial score (nSPS) is 16.4. The van der Waals surface area contributed by atoms with Crippen LogP contribution in [0.4, 0.5) is 5.13 Å². The summed E-state index contributed by atoms with van der Waals surface area (Å²) in [6, 6.07) is 4.87. The monoisotopic (exact) mass is 399 g/mol. The molecule has 1 fully saturated rings. The molecule has 0 radical (unpaired) electrons. The summed E-state index contributed by atoms with van der Waals surface area (Å²) in [5, 5.41) is 13.5. The predicted octanol–water partition coefficient (Wildman–Crippen LogP) is 5.30. The van der Waals surface area contributed by atoms with E-state index in [9.17, 15) is 4.79 Å². The fourth-order valence-corrected chi connectivity index (χ4v) is 4.19. The predicted molar refractivity (Wildman–Crippen MR) is 101 cm³/mol. The van der Waals surface area contributed by atoms with Crippen LogP contribution in [0.2, 0.25) is 10.0 Å². The van der Waals surface area contributed by atoms with Crippen LogP contribution in [0.5, 0.6) is 5.75 Å². The van der Waals surface area contributed by atoms with Gasteiger partial charge < -0.3 is 4.74 Å². The average molecular weight is 400 g/mol. The van der Waals surface area contributed by atoms with Crippen LogP contribution < -0.4 is 10.1 Å². The third-order valence-electron chi connectivity index (χ3n) is 4.19. The van der Waals surface area contributed by atoms with E-state index >= 15 is 0 Å². The van der Waals surface area contributed by atoms with Crippen molar-refractivity contribution in [2.24, 2.45) is 0 Å². The van der Waals surface area contributed by atoms with E-state index in [1.54, 1.807) is 25.1 Å². The van der Waals surface area contributed by atoms with Crippen LogP contribution in [0.15, 0.2) is 18.2 Å². The number of carbonyl (C=O) groups excluding carboxylic acids is 1. The molecule has 1 aliphatic rings. The second-order valence-corrected chi connectivity index (χ2v) is 7.96. The van der Waals surface area contributed by atoms with Crippen molar-refractivity contribution in [3.05, 3.63) is 33.3 Å². The first-order valence-corrected chi connectivity index (χ1v) is 9.86. The standard InChI is InChI=1S/C17H19Cl2N3O2S/c1-10(24-14-8-7-12(18)9-13(14)19)15(23)20-17-22-21-16(25-17)11-5-3-2-4-6-11/h7-11H,2-6H2,1H3,(H,20,22,23). The number of nitrogens with zero attached hydrogens (tertiary/aromatic N) is 2. The molecule has 0 aliphatic heterocycles. The molecule has 134 valence electrons. The Labute approximate surface area is 160 Å². The zero-order chi connectivity index (χ0) is 17.8. The van der Waals surface area contributed by atoms with Crippen LogP contribution in [0, 0.1) is 0 Å². The van der Waals surface area contributed by atoms with Crippen molar-refractivity contribution in [3.63, 3.8) is 0 Å². The zero-order valence-electron chi connectivity index (χ0n) is 13.8. The van der Waals surface area contributed by atoms with E-state index < -0.39 is 6.10 Å². The van der Waals surface area contributed by atoms with Gasteiger partial charge in [-0.3, -0.25) is 10.1 Å². The number of ether oxygens (including phenoxy) is 1. The molecular formula is C17H19Cl2N3O2S. The lowest BCUT2D eigenvalue weighted by Crippen LogP contribution is -2.30. The Morgan fingerprint density at radius 1 is 1.28 bits per heavy atom. The largest absolute Gasteiger partial charge is 0.479 e. The first kappa shape index (κ1) is 18.4. The van der Waals surface area contributed by atoms with Gasteiger partial charge in [-0.05, 0) is 38.0 Å². The van der Waals surface area contributed by atoms with Crippen molar-refractivity contribution in [2.75, 3.05) is 5.32 Å². The summed E-state index contributed by atoms with van der Waals surface area (Å²) in [5.41, 5.74) is 0. The van der Waals surface area contributed by atoms with Crippen molar-refractivity contribution in [1.29, 1.82) is 0 Å². The van der Waals surface area contributed by atoms with Crippen LogP contribution in [0.1, 0.15) is 50.0 Å². The van der Waals surface area contributed by atoms with E-state index in [1.165, 1.54) is 30.6 Å². The summed E-state index contributed by atoms with van der Waals surface area (Å²) in [4.78, 5) is 12.3. The quantitative estimate of drug-likeness (QED) is 0.740. The zero-order valence-corrected chi connectivity index (χ0v) is 16.1. The van der Waals surface area contributed by atoms with Gasteiger partial charge in [-0.1, -0.05) is 53.8 Å². The molecule has 8 heteroatoms. The highest BCUT2D eigenvalue weighted by molar-refractivity contribution is 7.15. The lowest BCUT2D eigenvalue weighted by molar-refractivity contribution is -0.122. The number of rotatable bonds is 5. The lowest BCUT2D eigenvalue weighted by atomic mass is 9.90. The van der Waals surface area contributed by atoms with Crippen molar-refractivity contribution >= 4 is 45.6 Å². The van der Waals surface area contributed by atoms with E-state index in [2.05, 4.69) is 15.5 Å². The van der Waals surface area contributed by atoms with Crippen molar-refractivity contribution in [1.82, 2.24) is 10.2 Å². The van der Waals surface area contributed by atoms with E-state index in [4.69, 9.17) is 27.9 Å². The van der Waals surface area contributed by atoms with Crippen LogP contribution in [-0.2, 0) is 4.79 Å². The fraction of sp³-hybridized carbons (Fsp3) is 0.471. The van der Waals surface area contributed by atoms with E-state index in [1.807, 2.05) is 0 Å². The molecule has 1 aromatic carbocycles. The van der Waals surface area contributed by atoms with Crippen LogP contribution in [0.25, 0.3) is 0 Å². The van der Waals surface area contributed by atoms with Crippen LogP contribution in [-0.4, -0.2) is 22.2 Å². The lowest BCUT2D eigenvalue weighted by Gasteiger charge is -2.18. The van der Waals surface area contributed by atoms with Gasteiger partial charge in [-0.15, -0.1) is 10.2 Å². The van der Waals surface area contributed by atoms with Crippen molar-refractivity contribution < 1.29 is 9.53 Å². The van der Waals surface area contributed by atoms with Gasteiger partial charge in [0.1, 0.15) is 10.8 Å². The summed E-state index contributed by atoms with van der Waals surface area (Å²) in [7, 11) is 0. The number of benzene rings is 1. The van der Waals surface area contributed by atoms with E-state index in [0.717, 1.165) is 17.8 Å². The number of halogens is 2. The SMILES string of the molecule is CC(Oc1ccc(Cl)cc1Cl)C(=O)Nc1nnc(C2CCCCC2)s1. The molecule has 1 atom stereocenters. The van der Waals surface area contributed by atoms with Gasteiger partial charge in [-0.2, -0.15) is 0 Å².